The van der Waals surface area contributed by atoms with Gasteiger partial charge in [0.15, 0.2) is 5.54 Å². The van der Waals surface area contributed by atoms with Gasteiger partial charge in [-0.3, -0.25) is 14.4 Å². The maximum absolute atomic E-state index is 14.2. The molecule has 4 rings (SSSR count). The fourth-order valence-corrected chi connectivity index (χ4v) is 6.07. The van der Waals surface area contributed by atoms with Gasteiger partial charge in [-0.05, 0) is 64.3 Å². The van der Waals surface area contributed by atoms with Gasteiger partial charge in [0.2, 0.25) is 10.0 Å². The number of aliphatic hydroxyl groups is 1. The number of fused-ring (bicyclic) bond motifs is 2. The molecule has 1 atom stereocenters. The van der Waals surface area contributed by atoms with Crippen LogP contribution in [0.3, 0.4) is 0 Å². The van der Waals surface area contributed by atoms with E-state index in [1.807, 2.05) is 19.0 Å². The second kappa shape index (κ2) is 9.97. The number of sulfonamides is 1. The molecule has 1 spiro atoms. The number of rotatable bonds is 8. The summed E-state index contributed by atoms with van der Waals surface area (Å²) in [5, 5.41) is 11.5. The molecule has 1 unspecified atom stereocenters. The zero-order valence-electron chi connectivity index (χ0n) is 22.1. The van der Waals surface area contributed by atoms with Crippen LogP contribution in [0.5, 0.6) is 0 Å². The van der Waals surface area contributed by atoms with Gasteiger partial charge >= 0.3 is 0 Å². The van der Waals surface area contributed by atoms with Crippen molar-refractivity contribution < 1.29 is 27.9 Å². The lowest BCUT2D eigenvalue weighted by Crippen LogP contribution is -2.52. The standard InChI is InChI=1S/C27H32N4O6S/c1-6-30-21-11-8-7-10-20(21)27(26(30)35)22(24(33)25(34)31(27)17-9-16-28(2)3)23(32)18-12-14-19(15-13-18)38(36,37)29(4)5/h7-8,10-15,32H,6,9,16-17H2,1-5H3/b23-22-. The Morgan fingerprint density at radius 2 is 1.61 bits per heavy atom. The van der Waals surface area contributed by atoms with E-state index in [1.165, 1.54) is 48.2 Å². The van der Waals surface area contributed by atoms with Crippen LogP contribution in [0.4, 0.5) is 5.69 Å². The van der Waals surface area contributed by atoms with E-state index in [0.29, 0.717) is 30.8 Å². The van der Waals surface area contributed by atoms with E-state index in [2.05, 4.69) is 0 Å². The summed E-state index contributed by atoms with van der Waals surface area (Å²) in [7, 11) is 2.86. The Balaban J connectivity index is 1.95. The van der Waals surface area contributed by atoms with Crippen LogP contribution in [0.2, 0.25) is 0 Å². The molecule has 0 saturated carbocycles. The molecule has 2 aromatic carbocycles. The van der Waals surface area contributed by atoms with Crippen LogP contribution in [0.1, 0.15) is 24.5 Å². The highest BCUT2D eigenvalue weighted by Crippen LogP contribution is 2.53. The van der Waals surface area contributed by atoms with Gasteiger partial charge in [-0.25, -0.2) is 12.7 Å². The fourth-order valence-electron chi connectivity index (χ4n) is 5.17. The number of hydrogen-bond donors (Lipinski definition) is 1. The fraction of sp³-hybridized carbons (Fsp3) is 0.370. The van der Waals surface area contributed by atoms with Crippen molar-refractivity contribution >= 4 is 39.1 Å². The number of aliphatic hydroxyl groups excluding tert-OH is 1. The molecule has 202 valence electrons. The third kappa shape index (κ3) is 4.01. The zero-order valence-corrected chi connectivity index (χ0v) is 22.9. The van der Waals surface area contributed by atoms with Gasteiger partial charge in [0.1, 0.15) is 5.76 Å². The van der Waals surface area contributed by atoms with Crippen LogP contribution in [0, 0.1) is 0 Å². The van der Waals surface area contributed by atoms with E-state index < -0.39 is 38.9 Å². The van der Waals surface area contributed by atoms with Gasteiger partial charge in [0.05, 0.1) is 16.2 Å². The predicted octanol–water partition coefficient (Wildman–Crippen LogP) is 1.83. The van der Waals surface area contributed by atoms with Crippen LogP contribution < -0.4 is 4.90 Å². The topological polar surface area (TPSA) is 119 Å². The Morgan fingerprint density at radius 3 is 2.18 bits per heavy atom. The van der Waals surface area contributed by atoms with E-state index >= 15 is 0 Å². The molecule has 10 nitrogen and oxygen atoms in total. The van der Waals surface area contributed by atoms with Gasteiger partial charge in [0.25, 0.3) is 17.6 Å². The average Bonchev–Trinajstić information content (AvgIpc) is 3.26. The molecule has 0 aliphatic carbocycles. The van der Waals surface area contributed by atoms with Crippen LogP contribution in [0.15, 0.2) is 59.0 Å². The molecule has 2 heterocycles. The molecule has 38 heavy (non-hydrogen) atoms. The summed E-state index contributed by atoms with van der Waals surface area (Å²) < 4.78 is 26.1. The molecule has 1 fully saturated rings. The smallest absolute Gasteiger partial charge is 0.296 e. The molecule has 2 aliphatic heterocycles. The van der Waals surface area contributed by atoms with E-state index in [0.717, 1.165) is 4.31 Å². The number of ketones is 1. The van der Waals surface area contributed by atoms with E-state index in [1.54, 1.807) is 31.2 Å². The van der Waals surface area contributed by atoms with Crippen molar-refractivity contribution in [1.82, 2.24) is 14.1 Å². The van der Waals surface area contributed by atoms with Crippen LogP contribution in [-0.2, 0) is 29.9 Å². The highest BCUT2D eigenvalue weighted by molar-refractivity contribution is 7.89. The Hall–Kier alpha value is -3.54. The third-order valence-electron chi connectivity index (χ3n) is 7.02. The Bertz CT molecular complexity index is 1430. The molecule has 2 amide bonds. The summed E-state index contributed by atoms with van der Waals surface area (Å²) in [4.78, 5) is 45.9. The van der Waals surface area contributed by atoms with Crippen molar-refractivity contribution in [2.24, 2.45) is 0 Å². The van der Waals surface area contributed by atoms with Crippen LogP contribution >= 0.6 is 0 Å². The molecule has 2 aliphatic rings. The first-order valence-corrected chi connectivity index (χ1v) is 13.7. The average molecular weight is 541 g/mol. The molecular formula is C27H32N4O6S. The molecule has 1 saturated heterocycles. The summed E-state index contributed by atoms with van der Waals surface area (Å²) in [6.45, 7) is 2.85. The number of nitrogens with zero attached hydrogens (tertiary/aromatic N) is 4. The minimum absolute atomic E-state index is 0.00246. The number of hydrogen-bond acceptors (Lipinski definition) is 7. The minimum atomic E-state index is -3.72. The summed E-state index contributed by atoms with van der Waals surface area (Å²) in [6.07, 6.45) is 0.500. The van der Waals surface area contributed by atoms with Crippen molar-refractivity contribution in [3.05, 3.63) is 65.2 Å². The van der Waals surface area contributed by atoms with Crippen LogP contribution in [-0.4, -0.2) is 93.1 Å². The third-order valence-corrected chi connectivity index (χ3v) is 8.85. The van der Waals surface area contributed by atoms with Gasteiger partial charge in [-0.2, -0.15) is 0 Å². The Labute approximate surface area is 222 Å². The number of carbonyl (C=O) groups is 3. The minimum Gasteiger partial charge on any atom is -0.507 e. The molecule has 0 bridgehead atoms. The number of amides is 2. The number of benzene rings is 2. The summed E-state index contributed by atoms with van der Waals surface area (Å²) in [5.74, 6) is -2.84. The lowest BCUT2D eigenvalue weighted by atomic mass is 9.82. The second-order valence-corrected chi connectivity index (χ2v) is 11.9. The maximum atomic E-state index is 14.2. The van der Waals surface area contributed by atoms with Gasteiger partial charge in [-0.1, -0.05) is 18.2 Å². The number of Topliss-reactive ketones (excluding diaryl/α,β-unsaturated/α-hetero) is 1. The lowest BCUT2D eigenvalue weighted by molar-refractivity contribution is -0.143. The summed E-state index contributed by atoms with van der Waals surface area (Å²) in [6, 6.07) is 12.3. The van der Waals surface area contributed by atoms with Crippen molar-refractivity contribution in [2.45, 2.75) is 23.8 Å². The largest absolute Gasteiger partial charge is 0.507 e. The second-order valence-electron chi connectivity index (χ2n) is 9.76. The van der Waals surface area contributed by atoms with Gasteiger partial charge < -0.3 is 19.8 Å². The molecule has 0 radical (unpaired) electrons. The highest BCUT2D eigenvalue weighted by Gasteiger charge is 2.66. The monoisotopic (exact) mass is 540 g/mol. The van der Waals surface area contributed by atoms with Crippen molar-refractivity contribution in [2.75, 3.05) is 52.7 Å². The van der Waals surface area contributed by atoms with Gasteiger partial charge in [-0.15, -0.1) is 0 Å². The Kier molecular flexibility index (Phi) is 7.21. The number of para-hydroxylation sites is 1. The van der Waals surface area contributed by atoms with E-state index in [9.17, 15) is 27.9 Å². The predicted molar refractivity (Wildman–Crippen MR) is 143 cm³/mol. The number of anilines is 1. The number of likely N-dealkylation sites (tertiary alicyclic amines) is 1. The van der Waals surface area contributed by atoms with Crippen molar-refractivity contribution in [3.63, 3.8) is 0 Å². The van der Waals surface area contributed by atoms with E-state index in [-0.39, 0.29) is 22.6 Å². The highest BCUT2D eigenvalue weighted by atomic mass is 32.2. The molecular weight excluding hydrogens is 508 g/mol. The molecule has 1 N–H and O–H groups in total. The molecule has 2 aromatic rings. The number of carbonyl (C=O) groups excluding carboxylic acids is 3. The van der Waals surface area contributed by atoms with Crippen LogP contribution in [0.25, 0.3) is 5.76 Å². The quantitative estimate of drug-likeness (QED) is 0.308. The van der Waals surface area contributed by atoms with Crippen molar-refractivity contribution in [3.8, 4) is 0 Å². The first-order chi connectivity index (χ1) is 17.9. The molecule has 11 heteroatoms. The van der Waals surface area contributed by atoms with Gasteiger partial charge in [0, 0.05) is 38.3 Å². The number of likely N-dealkylation sites (N-methyl/N-ethyl adjacent to an activating group) is 1. The molecule has 0 aromatic heterocycles. The summed E-state index contributed by atoms with van der Waals surface area (Å²) >= 11 is 0. The van der Waals surface area contributed by atoms with Crippen molar-refractivity contribution in [1.29, 1.82) is 0 Å². The normalized spacial score (nSPS) is 20.9. The summed E-state index contributed by atoms with van der Waals surface area (Å²) in [5.41, 5.74) is -1.01. The first-order valence-electron chi connectivity index (χ1n) is 12.3. The maximum Gasteiger partial charge on any atom is 0.296 e. The SMILES string of the molecule is CCN1C(=O)C2(/C(=C(\O)c3ccc(S(=O)(=O)N(C)C)cc3)C(=O)C(=O)N2CCCN(C)C)c2ccccc21. The van der Waals surface area contributed by atoms with E-state index in [4.69, 9.17) is 0 Å². The lowest BCUT2D eigenvalue weighted by Gasteiger charge is -2.34. The first kappa shape index (κ1) is 27.5. The zero-order chi connectivity index (χ0) is 28.0. The Morgan fingerprint density at radius 1 is 0.974 bits per heavy atom.